The number of sulfonamides is 1. The van der Waals surface area contributed by atoms with Gasteiger partial charge in [-0.05, 0) is 32.7 Å². The molecule has 3 N–H and O–H groups in total. The molecule has 1 saturated heterocycles. The van der Waals surface area contributed by atoms with Crippen molar-refractivity contribution in [2.75, 3.05) is 26.7 Å². The molecule has 11 heteroatoms. The summed E-state index contributed by atoms with van der Waals surface area (Å²) >= 11 is 0. The van der Waals surface area contributed by atoms with Crippen molar-refractivity contribution in [2.45, 2.75) is 76.3 Å². The zero-order valence-corrected chi connectivity index (χ0v) is 19.7. The van der Waals surface area contributed by atoms with Gasteiger partial charge in [0.1, 0.15) is 12.1 Å². The third kappa shape index (κ3) is 5.95. The van der Waals surface area contributed by atoms with Crippen molar-refractivity contribution in [3.63, 3.8) is 0 Å². The lowest BCUT2D eigenvalue weighted by Crippen LogP contribution is -2.64. The van der Waals surface area contributed by atoms with Crippen molar-refractivity contribution in [3.05, 3.63) is 0 Å². The minimum atomic E-state index is -3.62. The summed E-state index contributed by atoms with van der Waals surface area (Å²) in [5, 5.41) is 14.8. The predicted molar refractivity (Wildman–Crippen MR) is 116 cm³/mol. The number of piperazine rings is 1. The standard InChI is InChI=1S/C20H36N4O6S/c1-13(2)17(22-18(25)14(3)21-4)19(26)24-11-10-23(12-16(24)20(27)28)31(29,30)15-8-6-5-7-9-15/h13-17,21H,5-12H2,1-4H3,(H,22,25)(H,27,28)/t14-,16-,17-/m0/s1. The van der Waals surface area contributed by atoms with E-state index >= 15 is 0 Å². The molecule has 2 rings (SSSR count). The first kappa shape index (κ1) is 25.5. The van der Waals surface area contributed by atoms with Gasteiger partial charge in [-0.15, -0.1) is 0 Å². The molecule has 10 nitrogen and oxygen atoms in total. The molecule has 0 bridgehead atoms. The number of carboxylic acids is 1. The first-order chi connectivity index (χ1) is 14.5. The third-order valence-electron chi connectivity index (χ3n) is 6.30. The maximum Gasteiger partial charge on any atom is 0.327 e. The van der Waals surface area contributed by atoms with Crippen molar-refractivity contribution in [1.82, 2.24) is 19.8 Å². The van der Waals surface area contributed by atoms with Gasteiger partial charge in [0, 0.05) is 19.6 Å². The number of carbonyl (C=O) groups excluding carboxylic acids is 2. The Kier molecular flexibility index (Phi) is 8.84. The summed E-state index contributed by atoms with van der Waals surface area (Å²) in [5.74, 6) is -2.39. The van der Waals surface area contributed by atoms with Crippen LogP contribution in [0.5, 0.6) is 0 Å². The Labute approximate surface area is 184 Å². The fraction of sp³-hybridized carbons (Fsp3) is 0.850. The zero-order valence-electron chi connectivity index (χ0n) is 18.8. The number of nitrogens with one attached hydrogen (secondary N) is 2. The summed E-state index contributed by atoms with van der Waals surface area (Å²) in [4.78, 5) is 38.7. The number of nitrogens with zero attached hydrogens (tertiary/aromatic N) is 2. The molecule has 0 aromatic heterocycles. The van der Waals surface area contributed by atoms with Crippen molar-refractivity contribution >= 4 is 27.8 Å². The average Bonchev–Trinajstić information content (AvgIpc) is 2.76. The van der Waals surface area contributed by atoms with Crippen LogP contribution < -0.4 is 10.6 Å². The van der Waals surface area contributed by atoms with Crippen LogP contribution >= 0.6 is 0 Å². The molecule has 0 radical (unpaired) electrons. The second-order valence-corrected chi connectivity index (χ2v) is 11.0. The molecular weight excluding hydrogens is 424 g/mol. The Morgan fingerprint density at radius 3 is 2.16 bits per heavy atom. The van der Waals surface area contributed by atoms with E-state index < -0.39 is 45.3 Å². The van der Waals surface area contributed by atoms with E-state index in [1.165, 1.54) is 9.21 Å². The van der Waals surface area contributed by atoms with Crippen molar-refractivity contribution in [2.24, 2.45) is 5.92 Å². The van der Waals surface area contributed by atoms with Gasteiger partial charge >= 0.3 is 5.97 Å². The van der Waals surface area contributed by atoms with Gasteiger partial charge in [0.15, 0.2) is 0 Å². The molecule has 2 amide bonds. The molecule has 0 aromatic carbocycles. The van der Waals surface area contributed by atoms with Gasteiger partial charge in [-0.2, -0.15) is 4.31 Å². The van der Waals surface area contributed by atoms with E-state index in [9.17, 15) is 27.9 Å². The first-order valence-corrected chi connectivity index (χ1v) is 12.5. The normalized spacial score (nSPS) is 23.4. The van der Waals surface area contributed by atoms with E-state index in [1.54, 1.807) is 27.8 Å². The van der Waals surface area contributed by atoms with Gasteiger partial charge in [-0.3, -0.25) is 9.59 Å². The molecular formula is C20H36N4O6S. The highest BCUT2D eigenvalue weighted by molar-refractivity contribution is 7.89. The summed E-state index contributed by atoms with van der Waals surface area (Å²) in [6.07, 6.45) is 3.90. The van der Waals surface area contributed by atoms with Gasteiger partial charge in [0.25, 0.3) is 0 Å². The maximum atomic E-state index is 13.2. The molecule has 31 heavy (non-hydrogen) atoms. The number of carbonyl (C=O) groups is 3. The van der Waals surface area contributed by atoms with Crippen molar-refractivity contribution < 1.29 is 27.9 Å². The molecule has 2 aliphatic rings. The number of aliphatic carboxylic acids is 1. The quantitative estimate of drug-likeness (QED) is 0.464. The summed E-state index contributed by atoms with van der Waals surface area (Å²) in [5.41, 5.74) is 0. The summed E-state index contributed by atoms with van der Waals surface area (Å²) in [7, 11) is -1.99. The van der Waals surface area contributed by atoms with Gasteiger partial charge in [-0.1, -0.05) is 33.1 Å². The number of hydrogen-bond donors (Lipinski definition) is 3. The Balaban J connectivity index is 2.18. The average molecular weight is 461 g/mol. The Morgan fingerprint density at radius 2 is 1.65 bits per heavy atom. The fourth-order valence-corrected chi connectivity index (χ4v) is 6.18. The van der Waals surface area contributed by atoms with Crippen molar-refractivity contribution in [1.29, 1.82) is 0 Å². The molecule has 1 aliphatic carbocycles. The highest BCUT2D eigenvalue weighted by Gasteiger charge is 2.44. The van der Waals surface area contributed by atoms with Crippen LogP contribution in [-0.4, -0.2) is 90.6 Å². The van der Waals surface area contributed by atoms with Crippen molar-refractivity contribution in [3.8, 4) is 0 Å². The van der Waals surface area contributed by atoms with Crippen LogP contribution in [0.1, 0.15) is 52.9 Å². The summed E-state index contributed by atoms with van der Waals surface area (Å²) in [6.45, 7) is 4.96. The topological polar surface area (TPSA) is 136 Å². The van der Waals surface area contributed by atoms with E-state index in [0.29, 0.717) is 12.8 Å². The SMILES string of the molecule is CN[C@@H](C)C(=O)N[C@H](C(=O)N1CCN(S(=O)(=O)C2CCCCC2)C[C@H]1C(=O)O)C(C)C. The van der Waals surface area contributed by atoms with Crippen LogP contribution in [-0.2, 0) is 24.4 Å². The lowest BCUT2D eigenvalue weighted by molar-refractivity contribution is -0.154. The second kappa shape index (κ2) is 10.7. The van der Waals surface area contributed by atoms with Gasteiger partial charge in [0.2, 0.25) is 21.8 Å². The number of carboxylic acid groups (broad SMARTS) is 1. The van der Waals surface area contributed by atoms with E-state index in [-0.39, 0.29) is 31.5 Å². The summed E-state index contributed by atoms with van der Waals surface area (Å²) < 4.78 is 27.3. The third-order valence-corrected chi connectivity index (χ3v) is 8.67. The van der Waals surface area contributed by atoms with Crippen LogP contribution in [0.2, 0.25) is 0 Å². The largest absolute Gasteiger partial charge is 0.480 e. The minimum absolute atomic E-state index is 0.0254. The monoisotopic (exact) mass is 460 g/mol. The van der Waals surface area contributed by atoms with Crippen LogP contribution in [0.3, 0.4) is 0 Å². The van der Waals surface area contributed by atoms with Gasteiger partial charge in [-0.25, -0.2) is 13.2 Å². The highest BCUT2D eigenvalue weighted by Crippen LogP contribution is 2.28. The zero-order chi connectivity index (χ0) is 23.3. The first-order valence-electron chi connectivity index (χ1n) is 11.0. The molecule has 2 fully saturated rings. The lowest BCUT2D eigenvalue weighted by Gasteiger charge is -2.42. The van der Waals surface area contributed by atoms with E-state index in [0.717, 1.165) is 19.3 Å². The van der Waals surface area contributed by atoms with Crippen LogP contribution in [0.4, 0.5) is 0 Å². The number of rotatable bonds is 8. The molecule has 0 spiro atoms. The lowest BCUT2D eigenvalue weighted by atomic mass is 10.0. The minimum Gasteiger partial charge on any atom is -0.480 e. The number of amides is 2. The molecule has 178 valence electrons. The molecule has 1 aliphatic heterocycles. The molecule has 1 saturated carbocycles. The second-order valence-electron chi connectivity index (χ2n) is 8.79. The number of hydrogen-bond acceptors (Lipinski definition) is 6. The van der Waals surface area contributed by atoms with Crippen LogP contribution in [0.15, 0.2) is 0 Å². The molecule has 3 atom stereocenters. The van der Waals surface area contributed by atoms with Crippen LogP contribution in [0, 0.1) is 5.92 Å². The Morgan fingerprint density at radius 1 is 1.03 bits per heavy atom. The Bertz CT molecular complexity index is 766. The molecule has 0 unspecified atom stereocenters. The van der Waals surface area contributed by atoms with Gasteiger partial charge in [0.05, 0.1) is 11.3 Å². The maximum absolute atomic E-state index is 13.2. The smallest absolute Gasteiger partial charge is 0.327 e. The predicted octanol–water partition coefficient (Wildman–Crippen LogP) is -0.00500. The van der Waals surface area contributed by atoms with Crippen LogP contribution in [0.25, 0.3) is 0 Å². The van der Waals surface area contributed by atoms with Gasteiger partial charge < -0.3 is 20.6 Å². The summed E-state index contributed by atoms with van der Waals surface area (Å²) in [6, 6.07) is -2.70. The highest BCUT2D eigenvalue weighted by atomic mass is 32.2. The molecule has 1 heterocycles. The Hall–Kier alpha value is -1.72. The molecule has 0 aromatic rings. The fourth-order valence-electron chi connectivity index (χ4n) is 4.14. The van der Waals surface area contributed by atoms with E-state index in [4.69, 9.17) is 0 Å². The van der Waals surface area contributed by atoms with E-state index in [2.05, 4.69) is 10.6 Å². The number of likely N-dealkylation sites (N-methyl/N-ethyl adjacent to an activating group) is 1. The van der Waals surface area contributed by atoms with E-state index in [1.807, 2.05) is 0 Å².